The number of esters is 1. The normalized spacial score (nSPS) is 18.4. The third-order valence-electron chi connectivity index (χ3n) is 3.02. The van der Waals surface area contributed by atoms with E-state index in [1.807, 2.05) is 13.8 Å². The van der Waals surface area contributed by atoms with Crippen molar-refractivity contribution in [3.63, 3.8) is 0 Å². The molecule has 0 radical (unpaired) electrons. The minimum Gasteiger partial charge on any atom is -0.467 e. The van der Waals surface area contributed by atoms with Gasteiger partial charge in [-0.05, 0) is 5.92 Å². The topological polar surface area (TPSA) is 70.7 Å². The molecular weight excluding hydrogens is 234 g/mol. The molecule has 0 aromatic carbocycles. The van der Waals surface area contributed by atoms with E-state index in [9.17, 15) is 9.59 Å². The minimum atomic E-state index is -0.564. The molecule has 2 N–H and O–H groups in total. The summed E-state index contributed by atoms with van der Waals surface area (Å²) in [4.78, 5) is 25.5. The molecule has 0 aromatic rings. The van der Waals surface area contributed by atoms with Crippen LogP contribution in [0.2, 0.25) is 0 Å². The lowest BCUT2D eigenvalue weighted by Crippen LogP contribution is -2.51. The summed E-state index contributed by atoms with van der Waals surface area (Å²) in [7, 11) is 1.33. The van der Waals surface area contributed by atoms with Crippen LogP contribution in [0.4, 0.5) is 0 Å². The van der Waals surface area contributed by atoms with Gasteiger partial charge in [-0.1, -0.05) is 13.8 Å². The Bertz CT molecular complexity index is 288. The SMILES string of the molecule is COC(=O)[C@H](NC(=O)CN1CCNCC1)C(C)C. The van der Waals surface area contributed by atoms with Gasteiger partial charge in [0.1, 0.15) is 6.04 Å². The predicted octanol–water partition coefficient (Wildman–Crippen LogP) is -0.795. The summed E-state index contributed by atoms with van der Waals surface area (Å²) in [6.07, 6.45) is 0. The highest BCUT2D eigenvalue weighted by Crippen LogP contribution is 2.03. The van der Waals surface area contributed by atoms with E-state index in [0.717, 1.165) is 26.2 Å². The molecule has 0 spiro atoms. The van der Waals surface area contributed by atoms with Crippen LogP contribution in [0.5, 0.6) is 0 Å². The van der Waals surface area contributed by atoms with Gasteiger partial charge in [0.2, 0.25) is 5.91 Å². The van der Waals surface area contributed by atoms with Crippen molar-refractivity contribution in [2.24, 2.45) is 5.92 Å². The zero-order chi connectivity index (χ0) is 13.5. The van der Waals surface area contributed by atoms with E-state index in [2.05, 4.69) is 20.3 Å². The number of methoxy groups -OCH3 is 1. The van der Waals surface area contributed by atoms with Crippen LogP contribution in [0.25, 0.3) is 0 Å². The van der Waals surface area contributed by atoms with E-state index in [1.165, 1.54) is 7.11 Å². The first-order chi connectivity index (χ1) is 8.54. The van der Waals surface area contributed by atoms with Crippen LogP contribution in [-0.2, 0) is 14.3 Å². The fraction of sp³-hybridized carbons (Fsp3) is 0.833. The van der Waals surface area contributed by atoms with Gasteiger partial charge in [0, 0.05) is 26.2 Å². The van der Waals surface area contributed by atoms with Crippen molar-refractivity contribution in [2.45, 2.75) is 19.9 Å². The van der Waals surface area contributed by atoms with Crippen LogP contribution in [0.15, 0.2) is 0 Å². The second-order valence-electron chi connectivity index (χ2n) is 4.84. The molecule has 6 heteroatoms. The summed E-state index contributed by atoms with van der Waals surface area (Å²) < 4.78 is 4.69. The van der Waals surface area contributed by atoms with Crippen molar-refractivity contribution in [3.05, 3.63) is 0 Å². The molecule has 0 aromatic heterocycles. The van der Waals surface area contributed by atoms with Crippen LogP contribution in [0, 0.1) is 5.92 Å². The van der Waals surface area contributed by atoms with Gasteiger partial charge < -0.3 is 15.4 Å². The first-order valence-corrected chi connectivity index (χ1v) is 6.35. The summed E-state index contributed by atoms with van der Waals surface area (Å²) in [6.45, 7) is 7.62. The number of hydrogen-bond acceptors (Lipinski definition) is 5. The van der Waals surface area contributed by atoms with Crippen molar-refractivity contribution in [2.75, 3.05) is 39.8 Å². The predicted molar refractivity (Wildman–Crippen MR) is 68.1 cm³/mol. The van der Waals surface area contributed by atoms with Gasteiger partial charge >= 0.3 is 5.97 Å². The quantitative estimate of drug-likeness (QED) is 0.631. The van der Waals surface area contributed by atoms with Gasteiger partial charge in [0.15, 0.2) is 0 Å². The molecule has 1 saturated heterocycles. The number of amides is 1. The Hall–Kier alpha value is -1.14. The van der Waals surface area contributed by atoms with Crippen molar-refractivity contribution in [1.82, 2.24) is 15.5 Å². The smallest absolute Gasteiger partial charge is 0.328 e. The average Bonchev–Trinajstić information content (AvgIpc) is 2.36. The molecule has 1 rings (SSSR count). The van der Waals surface area contributed by atoms with E-state index >= 15 is 0 Å². The second-order valence-corrected chi connectivity index (χ2v) is 4.84. The van der Waals surface area contributed by atoms with E-state index in [1.54, 1.807) is 0 Å². The third kappa shape index (κ3) is 4.62. The number of nitrogens with one attached hydrogen (secondary N) is 2. The molecular formula is C12H23N3O3. The largest absolute Gasteiger partial charge is 0.467 e. The average molecular weight is 257 g/mol. The van der Waals surface area contributed by atoms with Crippen molar-refractivity contribution >= 4 is 11.9 Å². The highest BCUT2D eigenvalue weighted by atomic mass is 16.5. The summed E-state index contributed by atoms with van der Waals surface area (Å²) in [5.41, 5.74) is 0. The lowest BCUT2D eigenvalue weighted by Gasteiger charge is -2.27. The molecule has 1 amide bonds. The van der Waals surface area contributed by atoms with Crippen molar-refractivity contribution < 1.29 is 14.3 Å². The first kappa shape index (κ1) is 14.9. The van der Waals surface area contributed by atoms with Crippen LogP contribution >= 0.6 is 0 Å². The van der Waals surface area contributed by atoms with Gasteiger partial charge in [0.25, 0.3) is 0 Å². The Morgan fingerprint density at radius 3 is 2.44 bits per heavy atom. The molecule has 104 valence electrons. The Labute approximate surface area is 108 Å². The summed E-state index contributed by atoms with van der Waals surface area (Å²) >= 11 is 0. The third-order valence-corrected chi connectivity index (χ3v) is 3.02. The Morgan fingerprint density at radius 1 is 1.33 bits per heavy atom. The maximum atomic E-state index is 11.9. The maximum Gasteiger partial charge on any atom is 0.328 e. The standard InChI is InChI=1S/C12H23N3O3/c1-9(2)11(12(17)18-3)14-10(16)8-15-6-4-13-5-7-15/h9,11,13H,4-8H2,1-3H3,(H,14,16)/t11-/m1/s1. The Morgan fingerprint density at radius 2 is 1.94 bits per heavy atom. The number of carbonyl (C=O) groups excluding carboxylic acids is 2. The molecule has 0 saturated carbocycles. The molecule has 1 aliphatic heterocycles. The minimum absolute atomic E-state index is 0.0180. The van der Waals surface area contributed by atoms with Gasteiger partial charge in [0.05, 0.1) is 13.7 Å². The van der Waals surface area contributed by atoms with E-state index in [4.69, 9.17) is 0 Å². The van der Waals surface area contributed by atoms with E-state index in [0.29, 0.717) is 6.54 Å². The number of piperazine rings is 1. The number of hydrogen-bond donors (Lipinski definition) is 2. The highest BCUT2D eigenvalue weighted by molar-refractivity contribution is 5.85. The van der Waals surface area contributed by atoms with Gasteiger partial charge in [-0.3, -0.25) is 9.69 Å². The molecule has 1 heterocycles. The van der Waals surface area contributed by atoms with Gasteiger partial charge in [-0.15, -0.1) is 0 Å². The van der Waals surface area contributed by atoms with Crippen LogP contribution < -0.4 is 10.6 Å². The Balaban J connectivity index is 2.42. The monoisotopic (exact) mass is 257 g/mol. The number of carbonyl (C=O) groups is 2. The fourth-order valence-corrected chi connectivity index (χ4v) is 1.92. The van der Waals surface area contributed by atoms with Crippen molar-refractivity contribution in [3.8, 4) is 0 Å². The number of nitrogens with zero attached hydrogens (tertiary/aromatic N) is 1. The molecule has 1 fully saturated rings. The molecule has 18 heavy (non-hydrogen) atoms. The first-order valence-electron chi connectivity index (χ1n) is 6.35. The van der Waals surface area contributed by atoms with E-state index < -0.39 is 12.0 Å². The van der Waals surface area contributed by atoms with Gasteiger partial charge in [-0.25, -0.2) is 4.79 Å². The second kappa shape index (κ2) is 7.33. The lowest BCUT2D eigenvalue weighted by atomic mass is 10.0. The summed E-state index contributed by atoms with van der Waals surface area (Å²) in [6, 6.07) is -0.564. The van der Waals surface area contributed by atoms with Crippen LogP contribution in [0.3, 0.4) is 0 Å². The number of rotatable bonds is 5. The molecule has 0 bridgehead atoms. The van der Waals surface area contributed by atoms with Crippen LogP contribution in [-0.4, -0.2) is 62.7 Å². The molecule has 1 aliphatic rings. The van der Waals surface area contributed by atoms with Gasteiger partial charge in [-0.2, -0.15) is 0 Å². The van der Waals surface area contributed by atoms with Crippen molar-refractivity contribution in [1.29, 1.82) is 0 Å². The molecule has 0 aliphatic carbocycles. The maximum absolute atomic E-state index is 11.9. The van der Waals surface area contributed by atoms with Crippen LogP contribution in [0.1, 0.15) is 13.8 Å². The molecule has 0 unspecified atom stereocenters. The van der Waals surface area contributed by atoms with E-state index in [-0.39, 0.29) is 11.8 Å². The Kier molecular flexibility index (Phi) is 6.07. The summed E-state index contributed by atoms with van der Waals surface area (Å²) in [5, 5.41) is 5.97. The molecule has 6 nitrogen and oxygen atoms in total. The lowest BCUT2D eigenvalue weighted by molar-refractivity contribution is -0.146. The zero-order valence-electron chi connectivity index (χ0n) is 11.4. The fourth-order valence-electron chi connectivity index (χ4n) is 1.92. The molecule has 1 atom stereocenters. The zero-order valence-corrected chi connectivity index (χ0v) is 11.4. The highest BCUT2D eigenvalue weighted by Gasteiger charge is 2.25. The number of ether oxygens (including phenoxy) is 1. The summed E-state index contributed by atoms with van der Waals surface area (Å²) in [5.74, 6) is -0.496.